The van der Waals surface area contributed by atoms with Crippen molar-refractivity contribution in [3.8, 4) is 0 Å². The van der Waals surface area contributed by atoms with E-state index in [0.29, 0.717) is 5.04 Å². The summed E-state index contributed by atoms with van der Waals surface area (Å²) < 4.78 is 27.2. The SMILES string of the molecule is CC(=O)N(c1c(Cl)cccc1Cl)N1C=CC(Sc2ccc(F)cc2F)=N/C1=C(/C)Cl. The molecule has 1 heterocycles. The van der Waals surface area contributed by atoms with Gasteiger partial charge in [-0.25, -0.2) is 23.8 Å². The second kappa shape index (κ2) is 9.39. The highest BCUT2D eigenvalue weighted by atomic mass is 35.5. The molecule has 0 aromatic heterocycles. The summed E-state index contributed by atoms with van der Waals surface area (Å²) in [6, 6.07) is 8.14. The Morgan fingerprint density at radius 3 is 2.37 bits per heavy atom. The number of anilines is 1. The molecular weight excluding hydrogens is 475 g/mol. The Kier molecular flexibility index (Phi) is 7.08. The number of benzene rings is 2. The van der Waals surface area contributed by atoms with Crippen molar-refractivity contribution in [1.29, 1.82) is 0 Å². The van der Waals surface area contributed by atoms with Crippen LogP contribution >= 0.6 is 46.6 Å². The second-order valence-corrected chi connectivity index (χ2v) is 8.49. The molecule has 0 unspecified atom stereocenters. The number of hydrazine groups is 1. The number of carbonyl (C=O) groups excluding carboxylic acids is 1. The van der Waals surface area contributed by atoms with Crippen molar-refractivity contribution in [2.45, 2.75) is 18.7 Å². The Labute approximate surface area is 191 Å². The van der Waals surface area contributed by atoms with Crippen LogP contribution in [0.5, 0.6) is 0 Å². The van der Waals surface area contributed by atoms with E-state index in [-0.39, 0.29) is 37.4 Å². The summed E-state index contributed by atoms with van der Waals surface area (Å²) in [7, 11) is 0. The van der Waals surface area contributed by atoms with Gasteiger partial charge in [0.05, 0.1) is 15.1 Å². The van der Waals surface area contributed by atoms with Crippen LogP contribution in [-0.2, 0) is 4.79 Å². The topological polar surface area (TPSA) is 35.9 Å². The van der Waals surface area contributed by atoms with Crippen LogP contribution in [0.4, 0.5) is 14.5 Å². The van der Waals surface area contributed by atoms with Crippen molar-refractivity contribution in [3.05, 3.63) is 81.2 Å². The average Bonchev–Trinajstić information content (AvgIpc) is 2.67. The number of hydrogen-bond acceptors (Lipinski definition) is 4. The van der Waals surface area contributed by atoms with Crippen LogP contribution in [0.15, 0.2) is 69.4 Å². The van der Waals surface area contributed by atoms with Crippen LogP contribution in [0.2, 0.25) is 10.0 Å². The molecule has 0 saturated heterocycles. The lowest BCUT2D eigenvalue weighted by Crippen LogP contribution is -2.43. The number of para-hydroxylation sites is 1. The molecule has 0 N–H and O–H groups in total. The molecule has 0 aliphatic carbocycles. The smallest absolute Gasteiger partial charge is 0.243 e. The lowest BCUT2D eigenvalue weighted by molar-refractivity contribution is -0.118. The maximum Gasteiger partial charge on any atom is 0.243 e. The van der Waals surface area contributed by atoms with E-state index in [0.717, 1.165) is 23.9 Å². The molecule has 2 aromatic carbocycles. The minimum Gasteiger partial charge on any atom is -0.273 e. The summed E-state index contributed by atoms with van der Waals surface area (Å²) in [4.78, 5) is 17.1. The molecule has 2 aromatic rings. The van der Waals surface area contributed by atoms with Crippen LogP contribution < -0.4 is 5.01 Å². The molecule has 3 rings (SSSR count). The van der Waals surface area contributed by atoms with Gasteiger partial charge in [-0.3, -0.25) is 4.79 Å². The third kappa shape index (κ3) is 4.81. The predicted octanol–water partition coefficient (Wildman–Crippen LogP) is 6.99. The third-order valence-corrected chi connectivity index (χ3v) is 5.64. The summed E-state index contributed by atoms with van der Waals surface area (Å²) in [6.45, 7) is 2.94. The summed E-state index contributed by atoms with van der Waals surface area (Å²) in [5, 5.41) is 3.83. The van der Waals surface area contributed by atoms with Gasteiger partial charge in [0, 0.05) is 24.1 Å². The van der Waals surface area contributed by atoms with Crippen molar-refractivity contribution < 1.29 is 13.6 Å². The molecule has 0 atom stereocenters. The van der Waals surface area contributed by atoms with Crippen molar-refractivity contribution in [3.63, 3.8) is 0 Å². The van der Waals surface area contributed by atoms with Crippen molar-refractivity contribution in [2.24, 2.45) is 4.99 Å². The Balaban J connectivity index is 2.00. The van der Waals surface area contributed by atoms with Gasteiger partial charge in [0.15, 0.2) is 5.82 Å². The number of rotatable bonds is 3. The molecule has 1 aliphatic rings. The highest BCUT2D eigenvalue weighted by Gasteiger charge is 2.28. The summed E-state index contributed by atoms with van der Waals surface area (Å²) in [5.74, 6) is -1.55. The molecular formula is C20H14Cl3F2N3OS. The molecule has 0 bridgehead atoms. The standard InChI is InChI=1S/C20H14Cl3F2N3OS/c1-11(21)20-26-18(30-17-7-6-13(24)10-16(17)25)8-9-27(20)28(12(2)29)19-14(22)4-3-5-15(19)23/h3-10H,1-2H3/b20-11+. The fourth-order valence-electron chi connectivity index (χ4n) is 2.63. The zero-order valence-electron chi connectivity index (χ0n) is 15.7. The van der Waals surface area contributed by atoms with Crippen LogP contribution in [-0.4, -0.2) is 16.0 Å². The van der Waals surface area contributed by atoms with Crippen LogP contribution in [0, 0.1) is 11.6 Å². The molecule has 10 heteroatoms. The summed E-state index contributed by atoms with van der Waals surface area (Å²) in [5.41, 5.74) is 0.268. The molecule has 1 amide bonds. The van der Waals surface area contributed by atoms with Crippen molar-refractivity contribution in [2.75, 3.05) is 5.01 Å². The van der Waals surface area contributed by atoms with Gasteiger partial charge in [0.2, 0.25) is 5.91 Å². The minimum absolute atomic E-state index is 0.192. The number of carbonyl (C=O) groups is 1. The molecule has 0 radical (unpaired) electrons. The lowest BCUT2D eigenvalue weighted by atomic mass is 10.3. The van der Waals surface area contributed by atoms with E-state index in [1.54, 1.807) is 37.4 Å². The Hall–Kier alpha value is -2.06. The third-order valence-electron chi connectivity index (χ3n) is 3.87. The fraction of sp³-hybridized carbons (Fsp3) is 0.100. The maximum absolute atomic E-state index is 14.0. The van der Waals surface area contributed by atoms with Gasteiger partial charge < -0.3 is 0 Å². The average molecular weight is 489 g/mol. The Bertz CT molecular complexity index is 1080. The molecule has 1 aliphatic heterocycles. The highest BCUT2D eigenvalue weighted by Crippen LogP contribution is 2.38. The van der Waals surface area contributed by atoms with E-state index in [4.69, 9.17) is 34.8 Å². The van der Waals surface area contributed by atoms with Crippen LogP contribution in [0.1, 0.15) is 13.8 Å². The van der Waals surface area contributed by atoms with E-state index in [1.807, 2.05) is 0 Å². The fourth-order valence-corrected chi connectivity index (χ4v) is 4.10. The van der Waals surface area contributed by atoms with Gasteiger partial charge in [-0.05, 0) is 37.3 Å². The number of nitrogens with zero attached hydrogens (tertiary/aromatic N) is 3. The van der Waals surface area contributed by atoms with Crippen LogP contribution in [0.3, 0.4) is 0 Å². The van der Waals surface area contributed by atoms with Gasteiger partial charge >= 0.3 is 0 Å². The Morgan fingerprint density at radius 1 is 1.13 bits per heavy atom. The lowest BCUT2D eigenvalue weighted by Gasteiger charge is -2.36. The molecule has 0 fully saturated rings. The molecule has 0 spiro atoms. The molecule has 156 valence electrons. The predicted molar refractivity (Wildman–Crippen MR) is 119 cm³/mol. The molecule has 4 nitrogen and oxygen atoms in total. The number of halogens is 5. The first-order valence-corrected chi connectivity index (χ1v) is 10.4. The first kappa shape index (κ1) is 22.6. The van der Waals surface area contributed by atoms with Gasteiger partial charge in [0.1, 0.15) is 22.4 Å². The zero-order valence-corrected chi connectivity index (χ0v) is 18.8. The van der Waals surface area contributed by atoms with E-state index in [9.17, 15) is 13.6 Å². The van der Waals surface area contributed by atoms with E-state index in [2.05, 4.69) is 4.99 Å². The van der Waals surface area contributed by atoms with Crippen molar-refractivity contribution in [1.82, 2.24) is 5.01 Å². The summed E-state index contributed by atoms with van der Waals surface area (Å²) >= 11 is 19.8. The van der Waals surface area contributed by atoms with E-state index >= 15 is 0 Å². The largest absolute Gasteiger partial charge is 0.273 e. The van der Waals surface area contributed by atoms with Gasteiger partial charge in [-0.2, -0.15) is 0 Å². The molecule has 30 heavy (non-hydrogen) atoms. The molecule has 0 saturated carbocycles. The summed E-state index contributed by atoms with van der Waals surface area (Å²) in [6.07, 6.45) is 3.11. The number of hydrogen-bond donors (Lipinski definition) is 0. The number of allylic oxidation sites excluding steroid dienone is 1. The van der Waals surface area contributed by atoms with E-state index in [1.165, 1.54) is 23.0 Å². The normalized spacial score (nSPS) is 15.2. The zero-order chi connectivity index (χ0) is 22.0. The van der Waals surface area contributed by atoms with Gasteiger partial charge in [0.25, 0.3) is 0 Å². The van der Waals surface area contributed by atoms with Crippen molar-refractivity contribution >= 4 is 63.2 Å². The quantitative estimate of drug-likeness (QED) is 0.467. The highest BCUT2D eigenvalue weighted by molar-refractivity contribution is 8.14. The first-order valence-electron chi connectivity index (χ1n) is 8.49. The van der Waals surface area contributed by atoms with Crippen LogP contribution in [0.25, 0.3) is 0 Å². The van der Waals surface area contributed by atoms with Gasteiger partial charge in [-0.15, -0.1) is 0 Å². The monoisotopic (exact) mass is 487 g/mol. The maximum atomic E-state index is 14.0. The number of aliphatic imine (C=N–C) groups is 1. The second-order valence-electron chi connectivity index (χ2n) is 6.05. The van der Waals surface area contributed by atoms with Gasteiger partial charge in [-0.1, -0.05) is 52.6 Å². The minimum atomic E-state index is -0.708. The Morgan fingerprint density at radius 2 is 1.80 bits per heavy atom. The first-order chi connectivity index (χ1) is 14.2. The number of amides is 1. The number of thioether (sulfide) groups is 1. The van der Waals surface area contributed by atoms with E-state index < -0.39 is 11.6 Å².